The van der Waals surface area contributed by atoms with Crippen molar-refractivity contribution in [1.82, 2.24) is 14.6 Å². The number of ether oxygens (including phenoxy) is 1. The number of anilines is 1. The SMILES string of the molecule is COc1cc(Cl)c(-c2c(C)nn3c(N(CCN)C(C)CF)cc(C)nc23)c(Cl)c1. The fraction of sp³-hybridized carbons (Fsp3) is 0.400. The largest absolute Gasteiger partial charge is 0.497 e. The minimum absolute atomic E-state index is 0.357. The van der Waals surface area contributed by atoms with Crippen LogP contribution in [0.5, 0.6) is 5.75 Å². The first-order chi connectivity index (χ1) is 13.8. The van der Waals surface area contributed by atoms with E-state index in [1.807, 2.05) is 31.7 Å². The highest BCUT2D eigenvalue weighted by Crippen LogP contribution is 2.41. The Morgan fingerprint density at radius 2 is 1.86 bits per heavy atom. The Morgan fingerprint density at radius 3 is 2.41 bits per heavy atom. The number of fused-ring (bicyclic) bond motifs is 1. The summed E-state index contributed by atoms with van der Waals surface area (Å²) in [4.78, 5) is 6.58. The van der Waals surface area contributed by atoms with Gasteiger partial charge in [-0.2, -0.15) is 9.61 Å². The second-order valence-corrected chi connectivity index (χ2v) is 7.72. The minimum Gasteiger partial charge on any atom is -0.497 e. The van der Waals surface area contributed by atoms with E-state index in [1.54, 1.807) is 23.8 Å². The molecule has 0 aliphatic rings. The van der Waals surface area contributed by atoms with Crippen LogP contribution in [0.4, 0.5) is 10.2 Å². The average Bonchev–Trinajstić information content (AvgIpc) is 3.00. The van der Waals surface area contributed by atoms with Crippen molar-refractivity contribution in [3.05, 3.63) is 39.6 Å². The number of halogens is 3. The summed E-state index contributed by atoms with van der Waals surface area (Å²) in [5.41, 5.74) is 9.21. The topological polar surface area (TPSA) is 68.7 Å². The molecule has 2 heterocycles. The molecule has 0 saturated carbocycles. The molecule has 0 saturated heterocycles. The molecule has 1 unspecified atom stereocenters. The Hall–Kier alpha value is -2.09. The first-order valence-corrected chi connectivity index (χ1v) is 10.0. The van der Waals surface area contributed by atoms with Gasteiger partial charge in [0.2, 0.25) is 0 Å². The zero-order valence-electron chi connectivity index (χ0n) is 16.8. The summed E-state index contributed by atoms with van der Waals surface area (Å²) in [6.07, 6.45) is 0. The van der Waals surface area contributed by atoms with Gasteiger partial charge in [-0.25, -0.2) is 9.37 Å². The molecule has 2 aromatic heterocycles. The minimum atomic E-state index is -0.508. The molecular weight excluding hydrogens is 416 g/mol. The van der Waals surface area contributed by atoms with Gasteiger partial charge >= 0.3 is 0 Å². The van der Waals surface area contributed by atoms with Crippen LogP contribution in [0, 0.1) is 13.8 Å². The molecule has 2 N–H and O–H groups in total. The van der Waals surface area contributed by atoms with Crippen molar-refractivity contribution in [3.8, 4) is 16.9 Å². The maximum absolute atomic E-state index is 13.5. The van der Waals surface area contributed by atoms with Gasteiger partial charge in [0.05, 0.1) is 34.5 Å². The van der Waals surface area contributed by atoms with Crippen LogP contribution >= 0.6 is 23.2 Å². The predicted molar refractivity (Wildman–Crippen MR) is 116 cm³/mol. The first kappa shape index (κ1) is 21.6. The number of hydrogen-bond acceptors (Lipinski definition) is 5. The molecule has 0 aliphatic heterocycles. The zero-order chi connectivity index (χ0) is 21.3. The lowest BCUT2D eigenvalue weighted by molar-refractivity contribution is 0.415. The van der Waals surface area contributed by atoms with Crippen LogP contribution in [0.1, 0.15) is 18.3 Å². The van der Waals surface area contributed by atoms with Crippen LogP contribution in [0.25, 0.3) is 16.8 Å². The summed E-state index contributed by atoms with van der Waals surface area (Å²) >= 11 is 13.1. The van der Waals surface area contributed by atoms with Crippen molar-refractivity contribution in [3.63, 3.8) is 0 Å². The first-order valence-electron chi connectivity index (χ1n) is 9.25. The van der Waals surface area contributed by atoms with Crippen LogP contribution in [0.15, 0.2) is 18.2 Å². The quantitative estimate of drug-likeness (QED) is 0.588. The third kappa shape index (κ3) is 3.99. The number of rotatable bonds is 7. The third-order valence-electron chi connectivity index (χ3n) is 4.79. The van der Waals surface area contributed by atoms with E-state index in [9.17, 15) is 4.39 Å². The van der Waals surface area contributed by atoms with Gasteiger partial charge in [0, 0.05) is 30.4 Å². The Morgan fingerprint density at radius 1 is 1.21 bits per heavy atom. The van der Waals surface area contributed by atoms with E-state index in [1.165, 1.54) is 0 Å². The summed E-state index contributed by atoms with van der Waals surface area (Å²) in [5, 5.41) is 5.55. The van der Waals surface area contributed by atoms with E-state index in [0.29, 0.717) is 45.8 Å². The fourth-order valence-electron chi connectivity index (χ4n) is 3.41. The molecule has 0 bridgehead atoms. The van der Waals surface area contributed by atoms with Gasteiger partial charge in [-0.1, -0.05) is 23.2 Å². The van der Waals surface area contributed by atoms with Crippen LogP contribution in [0.3, 0.4) is 0 Å². The number of nitrogens with zero attached hydrogens (tertiary/aromatic N) is 4. The summed E-state index contributed by atoms with van der Waals surface area (Å²) in [6, 6.07) is 4.93. The standard InChI is InChI=1S/C20H24Cl2FN5O/c1-11-7-17(27(6-5-24)12(2)10-23)28-20(25-11)18(13(3)26-28)19-15(21)8-14(29-4)9-16(19)22/h7-9,12H,5-6,10,24H2,1-4H3. The smallest absolute Gasteiger partial charge is 0.165 e. The van der Waals surface area contributed by atoms with Gasteiger partial charge in [-0.15, -0.1) is 0 Å². The van der Waals surface area contributed by atoms with E-state index in [4.69, 9.17) is 33.7 Å². The third-order valence-corrected chi connectivity index (χ3v) is 5.39. The van der Waals surface area contributed by atoms with Crippen molar-refractivity contribution < 1.29 is 9.13 Å². The Balaban J connectivity index is 2.30. The van der Waals surface area contributed by atoms with E-state index in [-0.39, 0.29) is 6.04 Å². The lowest BCUT2D eigenvalue weighted by Crippen LogP contribution is -2.39. The molecule has 29 heavy (non-hydrogen) atoms. The van der Waals surface area contributed by atoms with Gasteiger partial charge in [-0.05, 0) is 32.9 Å². The summed E-state index contributed by atoms with van der Waals surface area (Å²) < 4.78 is 20.4. The Kier molecular flexibility index (Phi) is 6.51. The second-order valence-electron chi connectivity index (χ2n) is 6.90. The molecule has 3 aromatic rings. The molecule has 0 aliphatic carbocycles. The zero-order valence-corrected chi connectivity index (χ0v) is 18.4. The van der Waals surface area contributed by atoms with Gasteiger partial charge < -0.3 is 15.4 Å². The molecule has 3 rings (SSSR count). The number of hydrogen-bond donors (Lipinski definition) is 1. The van der Waals surface area contributed by atoms with Gasteiger partial charge in [0.25, 0.3) is 0 Å². The number of nitrogens with two attached hydrogens (primary N) is 1. The molecular formula is C20H24Cl2FN5O. The van der Waals surface area contributed by atoms with Gasteiger partial charge in [-0.3, -0.25) is 0 Å². The number of alkyl halides is 1. The fourth-order valence-corrected chi connectivity index (χ4v) is 4.07. The van der Waals surface area contributed by atoms with Gasteiger partial charge in [0.15, 0.2) is 5.65 Å². The Labute approximate surface area is 179 Å². The molecule has 0 amide bonds. The van der Waals surface area contributed by atoms with Crippen molar-refractivity contribution in [2.75, 3.05) is 31.8 Å². The highest BCUT2D eigenvalue weighted by molar-refractivity contribution is 6.39. The summed E-state index contributed by atoms with van der Waals surface area (Å²) in [6.45, 7) is 5.93. The number of aromatic nitrogens is 3. The van der Waals surface area contributed by atoms with Crippen molar-refractivity contribution >= 4 is 34.7 Å². The van der Waals surface area contributed by atoms with Crippen LogP contribution in [0.2, 0.25) is 10.0 Å². The average molecular weight is 440 g/mol. The highest BCUT2D eigenvalue weighted by Gasteiger charge is 2.24. The number of benzene rings is 1. The molecule has 1 aromatic carbocycles. The van der Waals surface area contributed by atoms with Crippen LogP contribution in [-0.2, 0) is 0 Å². The number of aryl methyl sites for hydroxylation is 2. The van der Waals surface area contributed by atoms with Crippen LogP contribution in [-0.4, -0.2) is 47.5 Å². The number of methoxy groups -OCH3 is 1. The van der Waals surface area contributed by atoms with Gasteiger partial charge in [0.1, 0.15) is 18.2 Å². The molecule has 6 nitrogen and oxygen atoms in total. The summed E-state index contributed by atoms with van der Waals surface area (Å²) in [7, 11) is 1.55. The van der Waals surface area contributed by atoms with Crippen molar-refractivity contribution in [2.24, 2.45) is 5.73 Å². The maximum Gasteiger partial charge on any atom is 0.165 e. The van der Waals surface area contributed by atoms with E-state index < -0.39 is 6.67 Å². The van der Waals surface area contributed by atoms with Crippen molar-refractivity contribution in [1.29, 1.82) is 0 Å². The second kappa shape index (κ2) is 8.73. The van der Waals surface area contributed by atoms with E-state index in [2.05, 4.69) is 10.1 Å². The predicted octanol–water partition coefficient (Wildman–Crippen LogP) is 4.45. The Bertz CT molecular complexity index is 1020. The lowest BCUT2D eigenvalue weighted by atomic mass is 10.1. The molecule has 9 heteroatoms. The summed E-state index contributed by atoms with van der Waals surface area (Å²) in [5.74, 6) is 1.28. The highest BCUT2D eigenvalue weighted by atomic mass is 35.5. The maximum atomic E-state index is 13.5. The van der Waals surface area contributed by atoms with E-state index >= 15 is 0 Å². The molecule has 156 valence electrons. The van der Waals surface area contributed by atoms with E-state index in [0.717, 1.165) is 17.1 Å². The van der Waals surface area contributed by atoms with Crippen LogP contribution < -0.4 is 15.4 Å². The molecule has 0 fully saturated rings. The molecule has 0 radical (unpaired) electrons. The van der Waals surface area contributed by atoms with Crippen molar-refractivity contribution in [2.45, 2.75) is 26.8 Å². The monoisotopic (exact) mass is 439 g/mol. The molecule has 1 atom stereocenters. The lowest BCUT2D eigenvalue weighted by Gasteiger charge is -2.29. The molecule has 0 spiro atoms. The normalized spacial score (nSPS) is 12.4.